The Bertz CT molecular complexity index is 328. The minimum atomic E-state index is -0.297. The number of rotatable bonds is 6. The van der Waals surface area contributed by atoms with Gasteiger partial charge in [-0.15, -0.1) is 0 Å². The molecule has 0 aliphatic heterocycles. The largest absolute Gasteiger partial charge is 0.508 e. The van der Waals surface area contributed by atoms with Gasteiger partial charge >= 0.3 is 0 Å². The lowest BCUT2D eigenvalue weighted by Crippen LogP contribution is -2.19. The van der Waals surface area contributed by atoms with Gasteiger partial charge in [0.2, 0.25) is 0 Å². The SMILES string of the molecule is CCCCCN(C)Cc1cc(F)ccc1O. The number of nitrogens with zero attached hydrogens (tertiary/aromatic N) is 1. The predicted molar refractivity (Wildman–Crippen MR) is 63.9 cm³/mol. The zero-order valence-electron chi connectivity index (χ0n) is 10.0. The van der Waals surface area contributed by atoms with Gasteiger partial charge in [0.25, 0.3) is 0 Å². The van der Waals surface area contributed by atoms with Gasteiger partial charge in [-0.1, -0.05) is 19.8 Å². The highest BCUT2D eigenvalue weighted by Gasteiger charge is 2.06. The van der Waals surface area contributed by atoms with Crippen LogP contribution in [-0.4, -0.2) is 23.6 Å². The van der Waals surface area contributed by atoms with Crippen molar-refractivity contribution in [1.82, 2.24) is 4.90 Å². The topological polar surface area (TPSA) is 23.5 Å². The Balaban J connectivity index is 2.48. The number of hydrogen-bond donors (Lipinski definition) is 1. The Labute approximate surface area is 96.7 Å². The summed E-state index contributed by atoms with van der Waals surface area (Å²) in [4.78, 5) is 2.10. The molecule has 1 aromatic carbocycles. The predicted octanol–water partition coefficient (Wildman–Crippen LogP) is 3.15. The molecule has 0 aliphatic carbocycles. The maximum atomic E-state index is 13.0. The third-order valence-corrected chi connectivity index (χ3v) is 2.63. The van der Waals surface area contributed by atoms with E-state index in [0.29, 0.717) is 12.1 Å². The number of hydrogen-bond acceptors (Lipinski definition) is 2. The number of phenols is 1. The fraction of sp³-hybridized carbons (Fsp3) is 0.538. The Hall–Kier alpha value is -1.09. The quantitative estimate of drug-likeness (QED) is 0.752. The number of aromatic hydroxyl groups is 1. The van der Waals surface area contributed by atoms with Crippen molar-refractivity contribution in [3.63, 3.8) is 0 Å². The maximum absolute atomic E-state index is 13.0. The van der Waals surface area contributed by atoms with Gasteiger partial charge in [-0.3, -0.25) is 0 Å². The first-order valence-corrected chi connectivity index (χ1v) is 5.79. The number of phenolic OH excluding ortho intramolecular Hbond substituents is 1. The van der Waals surface area contributed by atoms with Crippen LogP contribution in [0.2, 0.25) is 0 Å². The van der Waals surface area contributed by atoms with Gasteiger partial charge in [-0.05, 0) is 38.2 Å². The van der Waals surface area contributed by atoms with E-state index in [1.807, 2.05) is 7.05 Å². The van der Waals surface area contributed by atoms with Gasteiger partial charge < -0.3 is 10.0 Å². The molecule has 0 radical (unpaired) electrons. The molecule has 90 valence electrons. The van der Waals surface area contributed by atoms with Crippen molar-refractivity contribution in [2.24, 2.45) is 0 Å². The smallest absolute Gasteiger partial charge is 0.123 e. The second-order valence-electron chi connectivity index (χ2n) is 4.22. The molecule has 1 rings (SSSR count). The Morgan fingerprint density at radius 2 is 2.06 bits per heavy atom. The van der Waals surface area contributed by atoms with Crippen molar-refractivity contribution in [1.29, 1.82) is 0 Å². The zero-order chi connectivity index (χ0) is 12.0. The number of unbranched alkanes of at least 4 members (excludes halogenated alkanes) is 2. The lowest BCUT2D eigenvalue weighted by molar-refractivity contribution is 0.311. The third-order valence-electron chi connectivity index (χ3n) is 2.63. The summed E-state index contributed by atoms with van der Waals surface area (Å²) in [6, 6.07) is 4.08. The number of halogens is 1. The molecular weight excluding hydrogens is 205 g/mol. The summed E-state index contributed by atoms with van der Waals surface area (Å²) >= 11 is 0. The average Bonchev–Trinajstić information content (AvgIpc) is 2.24. The highest BCUT2D eigenvalue weighted by molar-refractivity contribution is 5.32. The van der Waals surface area contributed by atoms with Crippen molar-refractivity contribution in [3.8, 4) is 5.75 Å². The van der Waals surface area contributed by atoms with E-state index >= 15 is 0 Å². The van der Waals surface area contributed by atoms with Crippen LogP contribution in [0.4, 0.5) is 4.39 Å². The molecule has 0 fully saturated rings. The fourth-order valence-corrected chi connectivity index (χ4v) is 1.68. The summed E-state index contributed by atoms with van der Waals surface area (Å²) < 4.78 is 13.0. The Morgan fingerprint density at radius 1 is 1.31 bits per heavy atom. The molecule has 2 nitrogen and oxygen atoms in total. The van der Waals surface area contributed by atoms with Crippen LogP contribution in [0, 0.1) is 5.82 Å². The first kappa shape index (κ1) is 13.0. The summed E-state index contributed by atoms with van der Waals surface area (Å²) in [5.41, 5.74) is 0.652. The lowest BCUT2D eigenvalue weighted by atomic mass is 10.1. The molecule has 0 heterocycles. The van der Waals surface area contributed by atoms with Gasteiger partial charge in [-0.25, -0.2) is 4.39 Å². The molecule has 0 aliphatic rings. The van der Waals surface area contributed by atoms with E-state index in [1.165, 1.54) is 31.0 Å². The second kappa shape index (κ2) is 6.48. The van der Waals surface area contributed by atoms with Gasteiger partial charge in [0.05, 0.1) is 0 Å². The summed E-state index contributed by atoms with van der Waals surface area (Å²) in [6.45, 7) is 3.73. The second-order valence-corrected chi connectivity index (χ2v) is 4.22. The van der Waals surface area contributed by atoms with Gasteiger partial charge in [-0.2, -0.15) is 0 Å². The highest BCUT2D eigenvalue weighted by Crippen LogP contribution is 2.19. The molecule has 0 spiro atoms. The molecule has 0 unspecified atom stereocenters. The van der Waals surface area contributed by atoms with E-state index in [0.717, 1.165) is 13.0 Å². The van der Waals surface area contributed by atoms with Gasteiger partial charge in [0, 0.05) is 12.1 Å². The molecule has 1 N–H and O–H groups in total. The van der Waals surface area contributed by atoms with E-state index in [2.05, 4.69) is 11.8 Å². The Morgan fingerprint density at radius 3 is 2.75 bits per heavy atom. The average molecular weight is 225 g/mol. The van der Waals surface area contributed by atoms with E-state index in [9.17, 15) is 9.50 Å². The van der Waals surface area contributed by atoms with Crippen molar-refractivity contribution in [2.75, 3.05) is 13.6 Å². The van der Waals surface area contributed by atoms with Crippen molar-refractivity contribution >= 4 is 0 Å². The minimum absolute atomic E-state index is 0.170. The Kier molecular flexibility index (Phi) is 5.26. The van der Waals surface area contributed by atoms with E-state index in [-0.39, 0.29) is 11.6 Å². The first-order valence-electron chi connectivity index (χ1n) is 5.79. The third kappa shape index (κ3) is 4.19. The molecule has 16 heavy (non-hydrogen) atoms. The zero-order valence-corrected chi connectivity index (χ0v) is 10.0. The monoisotopic (exact) mass is 225 g/mol. The molecule has 1 aromatic rings. The molecule has 0 atom stereocenters. The molecule has 0 saturated heterocycles. The maximum Gasteiger partial charge on any atom is 0.123 e. The summed E-state index contributed by atoms with van der Waals surface area (Å²) in [5, 5.41) is 9.56. The standard InChI is InChI=1S/C13H20FNO/c1-3-4-5-8-15(2)10-11-9-12(14)6-7-13(11)16/h6-7,9,16H,3-5,8,10H2,1-2H3. The molecular formula is C13H20FNO. The molecule has 0 saturated carbocycles. The first-order chi connectivity index (χ1) is 7.63. The minimum Gasteiger partial charge on any atom is -0.508 e. The molecule has 3 heteroatoms. The summed E-state index contributed by atoms with van der Waals surface area (Å²) in [7, 11) is 1.99. The van der Waals surface area contributed by atoms with Crippen LogP contribution >= 0.6 is 0 Å². The van der Waals surface area contributed by atoms with Crippen molar-refractivity contribution in [2.45, 2.75) is 32.7 Å². The van der Waals surface area contributed by atoms with E-state index in [1.54, 1.807) is 0 Å². The van der Waals surface area contributed by atoms with Crippen LogP contribution in [0.1, 0.15) is 31.7 Å². The van der Waals surface area contributed by atoms with Crippen LogP contribution in [0.5, 0.6) is 5.75 Å². The van der Waals surface area contributed by atoms with Crippen LogP contribution in [0.15, 0.2) is 18.2 Å². The van der Waals surface area contributed by atoms with Crippen LogP contribution in [-0.2, 0) is 6.54 Å². The highest BCUT2D eigenvalue weighted by atomic mass is 19.1. The number of benzene rings is 1. The van der Waals surface area contributed by atoms with E-state index in [4.69, 9.17) is 0 Å². The summed E-state index contributed by atoms with van der Waals surface area (Å²) in [5.74, 6) is -0.126. The van der Waals surface area contributed by atoms with Crippen molar-refractivity contribution in [3.05, 3.63) is 29.6 Å². The normalized spacial score (nSPS) is 11.0. The van der Waals surface area contributed by atoms with Gasteiger partial charge in [0.15, 0.2) is 0 Å². The van der Waals surface area contributed by atoms with Crippen LogP contribution in [0.3, 0.4) is 0 Å². The van der Waals surface area contributed by atoms with Crippen LogP contribution < -0.4 is 0 Å². The molecule has 0 amide bonds. The molecule has 0 aromatic heterocycles. The summed E-state index contributed by atoms with van der Waals surface area (Å²) in [6.07, 6.45) is 3.54. The van der Waals surface area contributed by atoms with Gasteiger partial charge in [0.1, 0.15) is 11.6 Å². The fourth-order valence-electron chi connectivity index (χ4n) is 1.68. The van der Waals surface area contributed by atoms with E-state index < -0.39 is 0 Å². The van der Waals surface area contributed by atoms with Crippen molar-refractivity contribution < 1.29 is 9.50 Å². The van der Waals surface area contributed by atoms with Crippen LogP contribution in [0.25, 0.3) is 0 Å². The lowest BCUT2D eigenvalue weighted by Gasteiger charge is -2.17. The molecule has 0 bridgehead atoms.